The Balaban J connectivity index is 4.08. The van der Waals surface area contributed by atoms with E-state index in [0.717, 1.165) is 0 Å². The average Bonchev–Trinajstić information content (AvgIpc) is 2.01. The van der Waals surface area contributed by atoms with Gasteiger partial charge in [0.25, 0.3) is 0 Å². The van der Waals surface area contributed by atoms with Crippen molar-refractivity contribution in [3.8, 4) is 0 Å². The third kappa shape index (κ3) is 4.58. The summed E-state index contributed by atoms with van der Waals surface area (Å²) in [6.07, 6.45) is 0. The van der Waals surface area contributed by atoms with Crippen LogP contribution < -0.4 is 11.1 Å². The second kappa shape index (κ2) is 5.32. The molecule has 4 nitrogen and oxygen atoms in total. The molecule has 0 radical (unpaired) electrons. The highest BCUT2D eigenvalue weighted by Crippen LogP contribution is 2.17. The van der Waals surface area contributed by atoms with Gasteiger partial charge in [0.05, 0.1) is 12.6 Å². The molecule has 84 valence electrons. The number of carbonyl (C=O) groups is 1. The molecule has 0 rings (SSSR count). The van der Waals surface area contributed by atoms with Crippen LogP contribution in [0.3, 0.4) is 0 Å². The summed E-state index contributed by atoms with van der Waals surface area (Å²) in [6.45, 7) is 8.22. The summed E-state index contributed by atoms with van der Waals surface area (Å²) < 4.78 is 4.91. The summed E-state index contributed by atoms with van der Waals surface area (Å²) in [7, 11) is 1.60. The van der Waals surface area contributed by atoms with Crippen LogP contribution in [0.25, 0.3) is 0 Å². The zero-order chi connectivity index (χ0) is 11.4. The first kappa shape index (κ1) is 13.4. The van der Waals surface area contributed by atoms with E-state index in [4.69, 9.17) is 10.5 Å². The highest BCUT2D eigenvalue weighted by molar-refractivity contribution is 5.82. The first-order valence-electron chi connectivity index (χ1n) is 4.84. The Morgan fingerprint density at radius 2 is 2.00 bits per heavy atom. The number of ether oxygens (including phenoxy) is 1. The summed E-state index contributed by atoms with van der Waals surface area (Å²) in [4.78, 5) is 11.6. The monoisotopic (exact) mass is 202 g/mol. The smallest absolute Gasteiger partial charge is 0.237 e. The van der Waals surface area contributed by atoms with E-state index < -0.39 is 6.04 Å². The van der Waals surface area contributed by atoms with Crippen LogP contribution >= 0.6 is 0 Å². The van der Waals surface area contributed by atoms with Gasteiger partial charge in [-0.2, -0.15) is 0 Å². The quantitative estimate of drug-likeness (QED) is 0.698. The van der Waals surface area contributed by atoms with Crippen LogP contribution in [0.1, 0.15) is 27.7 Å². The standard InChI is InChI=1S/C10H22N2O2/c1-7(6-14-5)12-9(13)8(11)10(2,3)4/h7-8H,6,11H2,1-5H3,(H,12,13)/t7?,8-/m1/s1. The summed E-state index contributed by atoms with van der Waals surface area (Å²) in [5, 5.41) is 2.80. The van der Waals surface area contributed by atoms with E-state index in [1.54, 1.807) is 7.11 Å². The van der Waals surface area contributed by atoms with E-state index in [1.165, 1.54) is 0 Å². The average molecular weight is 202 g/mol. The van der Waals surface area contributed by atoms with E-state index in [-0.39, 0.29) is 17.4 Å². The van der Waals surface area contributed by atoms with E-state index in [2.05, 4.69) is 5.32 Å². The zero-order valence-electron chi connectivity index (χ0n) is 9.76. The molecule has 0 heterocycles. The molecule has 0 saturated carbocycles. The number of amides is 1. The van der Waals surface area contributed by atoms with Crippen molar-refractivity contribution in [1.29, 1.82) is 0 Å². The first-order chi connectivity index (χ1) is 6.29. The number of nitrogens with two attached hydrogens (primary N) is 1. The van der Waals surface area contributed by atoms with Gasteiger partial charge < -0.3 is 15.8 Å². The molecule has 3 N–H and O–H groups in total. The van der Waals surface area contributed by atoms with Gasteiger partial charge in [-0.25, -0.2) is 0 Å². The van der Waals surface area contributed by atoms with Crippen LogP contribution in [0.2, 0.25) is 0 Å². The highest BCUT2D eigenvalue weighted by atomic mass is 16.5. The van der Waals surface area contributed by atoms with Gasteiger partial charge in [-0.05, 0) is 12.3 Å². The lowest BCUT2D eigenvalue weighted by Gasteiger charge is -2.27. The molecule has 14 heavy (non-hydrogen) atoms. The fraction of sp³-hybridized carbons (Fsp3) is 0.900. The van der Waals surface area contributed by atoms with Crippen LogP contribution in [-0.2, 0) is 9.53 Å². The molecule has 1 unspecified atom stereocenters. The number of nitrogens with one attached hydrogen (secondary N) is 1. The molecular weight excluding hydrogens is 180 g/mol. The van der Waals surface area contributed by atoms with E-state index in [0.29, 0.717) is 6.61 Å². The minimum absolute atomic E-state index is 0.000833. The second-order valence-corrected chi connectivity index (χ2v) is 4.71. The molecule has 0 bridgehead atoms. The summed E-state index contributed by atoms with van der Waals surface area (Å²) in [5.74, 6) is -0.123. The van der Waals surface area contributed by atoms with Gasteiger partial charge in [0.1, 0.15) is 0 Å². The van der Waals surface area contributed by atoms with Crippen LogP contribution in [0.15, 0.2) is 0 Å². The molecule has 0 aliphatic heterocycles. The Bertz CT molecular complexity index is 187. The molecule has 0 aromatic rings. The Morgan fingerprint density at radius 3 is 2.36 bits per heavy atom. The first-order valence-corrected chi connectivity index (χ1v) is 4.84. The van der Waals surface area contributed by atoms with Crippen LogP contribution in [0.5, 0.6) is 0 Å². The fourth-order valence-electron chi connectivity index (χ4n) is 1.02. The van der Waals surface area contributed by atoms with Crippen molar-refractivity contribution in [3.63, 3.8) is 0 Å². The van der Waals surface area contributed by atoms with E-state index in [9.17, 15) is 4.79 Å². The molecule has 2 atom stereocenters. The minimum atomic E-state index is -0.484. The van der Waals surface area contributed by atoms with Crippen LogP contribution in [0.4, 0.5) is 0 Å². The van der Waals surface area contributed by atoms with Crippen molar-refractivity contribution < 1.29 is 9.53 Å². The lowest BCUT2D eigenvalue weighted by molar-refractivity contribution is -0.125. The molecule has 0 aromatic carbocycles. The molecule has 0 aromatic heterocycles. The maximum absolute atomic E-state index is 11.6. The number of methoxy groups -OCH3 is 1. The Labute approximate surface area is 86.2 Å². The molecule has 0 spiro atoms. The number of hydrogen-bond donors (Lipinski definition) is 2. The predicted octanol–water partition coefficient (Wildman–Crippen LogP) is 0.511. The molecule has 0 aliphatic carbocycles. The summed E-state index contributed by atoms with van der Waals surface area (Å²) in [6, 6.07) is -0.484. The Morgan fingerprint density at radius 1 is 1.50 bits per heavy atom. The molecular formula is C10H22N2O2. The molecule has 4 heteroatoms. The maximum Gasteiger partial charge on any atom is 0.237 e. The van der Waals surface area contributed by atoms with Gasteiger partial charge >= 0.3 is 0 Å². The van der Waals surface area contributed by atoms with Crippen molar-refractivity contribution in [3.05, 3.63) is 0 Å². The molecule has 0 aliphatic rings. The topological polar surface area (TPSA) is 64.3 Å². The number of rotatable bonds is 4. The highest BCUT2D eigenvalue weighted by Gasteiger charge is 2.27. The Kier molecular flexibility index (Phi) is 5.08. The SMILES string of the molecule is COCC(C)NC(=O)[C@@H](N)C(C)(C)C. The normalized spacial score (nSPS) is 16.1. The van der Waals surface area contributed by atoms with Crippen LogP contribution in [0, 0.1) is 5.41 Å². The second-order valence-electron chi connectivity index (χ2n) is 4.71. The van der Waals surface area contributed by atoms with Crippen molar-refractivity contribution in [2.24, 2.45) is 11.1 Å². The maximum atomic E-state index is 11.6. The Hall–Kier alpha value is -0.610. The largest absolute Gasteiger partial charge is 0.383 e. The van der Waals surface area contributed by atoms with Crippen molar-refractivity contribution in [2.75, 3.05) is 13.7 Å². The fourth-order valence-corrected chi connectivity index (χ4v) is 1.02. The van der Waals surface area contributed by atoms with Gasteiger partial charge in [0.15, 0.2) is 0 Å². The number of carbonyl (C=O) groups excluding carboxylic acids is 1. The van der Waals surface area contributed by atoms with Crippen molar-refractivity contribution in [2.45, 2.75) is 39.8 Å². The third-order valence-electron chi connectivity index (χ3n) is 2.02. The molecule has 1 amide bonds. The van der Waals surface area contributed by atoms with Gasteiger partial charge in [-0.15, -0.1) is 0 Å². The van der Waals surface area contributed by atoms with Crippen molar-refractivity contribution in [1.82, 2.24) is 5.32 Å². The third-order valence-corrected chi connectivity index (χ3v) is 2.02. The van der Waals surface area contributed by atoms with Gasteiger partial charge in [0, 0.05) is 13.2 Å². The van der Waals surface area contributed by atoms with Crippen LogP contribution in [-0.4, -0.2) is 31.7 Å². The molecule has 0 saturated heterocycles. The summed E-state index contributed by atoms with van der Waals surface area (Å²) >= 11 is 0. The zero-order valence-corrected chi connectivity index (χ0v) is 9.76. The minimum Gasteiger partial charge on any atom is -0.383 e. The van der Waals surface area contributed by atoms with Gasteiger partial charge in [-0.3, -0.25) is 4.79 Å². The van der Waals surface area contributed by atoms with E-state index >= 15 is 0 Å². The number of hydrogen-bond acceptors (Lipinski definition) is 3. The van der Waals surface area contributed by atoms with Gasteiger partial charge in [0.2, 0.25) is 5.91 Å². The predicted molar refractivity (Wildman–Crippen MR) is 56.9 cm³/mol. The van der Waals surface area contributed by atoms with E-state index in [1.807, 2.05) is 27.7 Å². The lowest BCUT2D eigenvalue weighted by Crippen LogP contribution is -2.51. The summed E-state index contributed by atoms with van der Waals surface area (Å²) in [5.41, 5.74) is 5.57. The molecule has 0 fully saturated rings. The lowest BCUT2D eigenvalue weighted by atomic mass is 9.87. The van der Waals surface area contributed by atoms with Gasteiger partial charge in [-0.1, -0.05) is 20.8 Å². The van der Waals surface area contributed by atoms with Crippen molar-refractivity contribution >= 4 is 5.91 Å².